The molecule has 0 aliphatic heterocycles. The number of aliphatic imine (C=N–C) groups is 1. The van der Waals surface area contributed by atoms with Crippen molar-refractivity contribution in [2.75, 3.05) is 26.1 Å². The Hall–Kier alpha value is -1.55. The van der Waals surface area contributed by atoms with E-state index in [-0.39, 0.29) is 24.0 Å². The molecule has 1 aromatic carbocycles. The lowest BCUT2D eigenvalue weighted by Crippen LogP contribution is -2.22. The molecule has 2 aromatic rings. The number of nitrogens with zero attached hydrogens (tertiary/aromatic N) is 2. The number of thiazole rings is 1. The Morgan fingerprint density at radius 3 is 2.64 bits per heavy atom. The molecular formula is C17H25IN4O2S. The van der Waals surface area contributed by atoms with Gasteiger partial charge in [-0.25, -0.2) is 4.98 Å². The fraction of sp³-hybridized carbons (Fsp3) is 0.412. The molecule has 0 atom stereocenters. The minimum atomic E-state index is 0. The Morgan fingerprint density at radius 1 is 1.24 bits per heavy atom. The standard InChI is InChI=1S/C17H24N4O2S.HI/c1-12-11-24-16(20-12)6-4-5-9-19-17(18)21-13-7-8-14(22-2)15(10-13)23-3;/h7-8,10-11H,4-6,9H2,1-3H3,(H3,18,19,21);1H. The summed E-state index contributed by atoms with van der Waals surface area (Å²) in [7, 11) is 3.21. The maximum absolute atomic E-state index is 5.92. The SMILES string of the molecule is COc1ccc(NC(N)=NCCCCc2nc(C)cs2)cc1OC.I. The van der Waals surface area contributed by atoms with Crippen molar-refractivity contribution in [3.8, 4) is 11.5 Å². The zero-order valence-electron chi connectivity index (χ0n) is 14.7. The zero-order chi connectivity index (χ0) is 17.4. The van der Waals surface area contributed by atoms with Crippen molar-refractivity contribution in [1.29, 1.82) is 0 Å². The van der Waals surface area contributed by atoms with Gasteiger partial charge in [-0.3, -0.25) is 4.99 Å². The van der Waals surface area contributed by atoms with Gasteiger partial charge in [-0.2, -0.15) is 0 Å². The van der Waals surface area contributed by atoms with Crippen LogP contribution in [0.15, 0.2) is 28.6 Å². The van der Waals surface area contributed by atoms with Crippen LogP contribution >= 0.6 is 35.3 Å². The van der Waals surface area contributed by atoms with E-state index in [1.165, 1.54) is 5.01 Å². The first-order valence-corrected chi connectivity index (χ1v) is 8.70. The van der Waals surface area contributed by atoms with Gasteiger partial charge in [0.15, 0.2) is 17.5 Å². The highest BCUT2D eigenvalue weighted by atomic mass is 127. The molecule has 0 amide bonds. The average Bonchev–Trinajstić information content (AvgIpc) is 2.99. The number of benzene rings is 1. The van der Waals surface area contributed by atoms with Crippen LogP contribution in [0.2, 0.25) is 0 Å². The predicted octanol–water partition coefficient (Wildman–Crippen LogP) is 3.84. The number of unbranched alkanes of at least 4 members (excludes halogenated alkanes) is 1. The van der Waals surface area contributed by atoms with Gasteiger partial charge >= 0.3 is 0 Å². The number of nitrogens with one attached hydrogen (secondary N) is 1. The van der Waals surface area contributed by atoms with Crippen molar-refractivity contribution in [3.63, 3.8) is 0 Å². The summed E-state index contributed by atoms with van der Waals surface area (Å²) in [6.07, 6.45) is 3.03. The van der Waals surface area contributed by atoms with E-state index in [1.54, 1.807) is 25.6 Å². The van der Waals surface area contributed by atoms with Gasteiger partial charge in [0.05, 0.1) is 19.2 Å². The van der Waals surface area contributed by atoms with Gasteiger partial charge in [0.25, 0.3) is 0 Å². The minimum absolute atomic E-state index is 0. The summed E-state index contributed by atoms with van der Waals surface area (Å²) in [5.41, 5.74) is 7.83. The first-order valence-electron chi connectivity index (χ1n) is 7.82. The Morgan fingerprint density at radius 2 is 2.00 bits per heavy atom. The number of anilines is 1. The summed E-state index contributed by atoms with van der Waals surface area (Å²) in [4.78, 5) is 8.80. The van der Waals surface area contributed by atoms with E-state index in [1.807, 2.05) is 25.1 Å². The van der Waals surface area contributed by atoms with Crippen LogP contribution in [0.1, 0.15) is 23.5 Å². The Kier molecular flexibility index (Phi) is 9.58. The van der Waals surface area contributed by atoms with E-state index in [2.05, 4.69) is 20.7 Å². The van der Waals surface area contributed by atoms with Crippen LogP contribution in [0.5, 0.6) is 11.5 Å². The lowest BCUT2D eigenvalue weighted by molar-refractivity contribution is 0.355. The van der Waals surface area contributed by atoms with E-state index >= 15 is 0 Å². The van der Waals surface area contributed by atoms with Gasteiger partial charge in [0, 0.05) is 29.4 Å². The molecule has 0 saturated carbocycles. The van der Waals surface area contributed by atoms with Crippen LogP contribution in [0.25, 0.3) is 0 Å². The van der Waals surface area contributed by atoms with Gasteiger partial charge in [0.1, 0.15) is 0 Å². The van der Waals surface area contributed by atoms with Gasteiger partial charge < -0.3 is 20.5 Å². The van der Waals surface area contributed by atoms with Crippen molar-refractivity contribution in [2.24, 2.45) is 10.7 Å². The third-order valence-corrected chi connectivity index (χ3v) is 4.43. The largest absolute Gasteiger partial charge is 0.493 e. The van der Waals surface area contributed by atoms with E-state index in [0.29, 0.717) is 24.0 Å². The number of methoxy groups -OCH3 is 2. The third kappa shape index (κ3) is 7.07. The summed E-state index contributed by atoms with van der Waals surface area (Å²) >= 11 is 1.72. The first kappa shape index (κ1) is 21.5. The van der Waals surface area contributed by atoms with E-state index < -0.39 is 0 Å². The van der Waals surface area contributed by atoms with Gasteiger partial charge in [0.2, 0.25) is 0 Å². The number of halogens is 1. The van der Waals surface area contributed by atoms with Crippen LogP contribution in [-0.2, 0) is 6.42 Å². The zero-order valence-corrected chi connectivity index (χ0v) is 17.9. The number of hydrogen-bond acceptors (Lipinski definition) is 5. The molecular weight excluding hydrogens is 451 g/mol. The number of aromatic nitrogens is 1. The fourth-order valence-corrected chi connectivity index (χ4v) is 3.02. The van der Waals surface area contributed by atoms with Crippen LogP contribution in [-0.4, -0.2) is 31.7 Å². The summed E-state index contributed by atoms with van der Waals surface area (Å²) in [6, 6.07) is 5.52. The molecule has 25 heavy (non-hydrogen) atoms. The smallest absolute Gasteiger partial charge is 0.193 e. The lowest BCUT2D eigenvalue weighted by Gasteiger charge is -2.10. The Labute approximate surface area is 169 Å². The van der Waals surface area contributed by atoms with E-state index in [0.717, 1.165) is 30.6 Å². The van der Waals surface area contributed by atoms with Crippen LogP contribution in [0.4, 0.5) is 5.69 Å². The second kappa shape index (κ2) is 11.1. The maximum Gasteiger partial charge on any atom is 0.193 e. The third-order valence-electron chi connectivity index (χ3n) is 3.40. The van der Waals surface area contributed by atoms with Crippen molar-refractivity contribution in [2.45, 2.75) is 26.2 Å². The number of ether oxygens (including phenoxy) is 2. The molecule has 0 bridgehead atoms. The van der Waals surface area contributed by atoms with Gasteiger partial charge in [-0.15, -0.1) is 35.3 Å². The maximum atomic E-state index is 5.92. The monoisotopic (exact) mass is 476 g/mol. The highest BCUT2D eigenvalue weighted by Gasteiger charge is 2.05. The van der Waals surface area contributed by atoms with Crippen molar-refractivity contribution >= 4 is 47.0 Å². The highest BCUT2D eigenvalue weighted by Crippen LogP contribution is 2.29. The topological polar surface area (TPSA) is 81.8 Å². The number of rotatable bonds is 8. The van der Waals surface area contributed by atoms with Gasteiger partial charge in [-0.1, -0.05) is 0 Å². The second-order valence-electron chi connectivity index (χ2n) is 5.30. The molecule has 1 aromatic heterocycles. The van der Waals surface area contributed by atoms with Gasteiger partial charge in [-0.05, 0) is 38.3 Å². The fourth-order valence-electron chi connectivity index (χ4n) is 2.21. The predicted molar refractivity (Wildman–Crippen MR) is 115 cm³/mol. The molecule has 8 heteroatoms. The molecule has 0 aliphatic rings. The van der Waals surface area contributed by atoms with E-state index in [4.69, 9.17) is 15.2 Å². The summed E-state index contributed by atoms with van der Waals surface area (Å²) in [6.45, 7) is 2.71. The van der Waals surface area contributed by atoms with Crippen LogP contribution in [0.3, 0.4) is 0 Å². The Balaban J connectivity index is 0.00000312. The number of aryl methyl sites for hydroxylation is 2. The first-order chi connectivity index (χ1) is 11.6. The lowest BCUT2D eigenvalue weighted by atomic mass is 10.2. The van der Waals surface area contributed by atoms with Crippen LogP contribution in [0, 0.1) is 6.92 Å². The van der Waals surface area contributed by atoms with Crippen LogP contribution < -0.4 is 20.5 Å². The van der Waals surface area contributed by atoms with Crippen molar-refractivity contribution in [3.05, 3.63) is 34.3 Å². The second-order valence-corrected chi connectivity index (χ2v) is 6.24. The summed E-state index contributed by atoms with van der Waals surface area (Å²) in [5, 5.41) is 6.33. The quantitative estimate of drug-likeness (QED) is 0.262. The molecule has 0 aliphatic carbocycles. The molecule has 0 fully saturated rings. The summed E-state index contributed by atoms with van der Waals surface area (Å²) < 4.78 is 10.5. The molecule has 1 heterocycles. The summed E-state index contributed by atoms with van der Waals surface area (Å²) in [5.74, 6) is 1.72. The molecule has 3 N–H and O–H groups in total. The molecule has 0 spiro atoms. The number of nitrogens with two attached hydrogens (primary N) is 1. The number of hydrogen-bond donors (Lipinski definition) is 2. The number of guanidine groups is 1. The minimum Gasteiger partial charge on any atom is -0.493 e. The molecule has 0 saturated heterocycles. The average molecular weight is 476 g/mol. The Bertz CT molecular complexity index is 691. The molecule has 6 nitrogen and oxygen atoms in total. The van der Waals surface area contributed by atoms with Crippen molar-refractivity contribution in [1.82, 2.24) is 4.98 Å². The van der Waals surface area contributed by atoms with E-state index in [9.17, 15) is 0 Å². The highest BCUT2D eigenvalue weighted by molar-refractivity contribution is 14.0. The molecule has 2 rings (SSSR count). The molecule has 0 radical (unpaired) electrons. The molecule has 138 valence electrons. The molecule has 0 unspecified atom stereocenters. The van der Waals surface area contributed by atoms with Crippen molar-refractivity contribution < 1.29 is 9.47 Å². The normalized spacial score (nSPS) is 10.9.